The predicted octanol–water partition coefficient (Wildman–Crippen LogP) is 4.87. The summed E-state index contributed by atoms with van der Waals surface area (Å²) in [6.07, 6.45) is 4.19. The molecular formula is C25H28O5. The molecule has 1 aliphatic carbocycles. The quantitative estimate of drug-likeness (QED) is 0.460. The van der Waals surface area contributed by atoms with Gasteiger partial charge in [-0.1, -0.05) is 31.2 Å². The van der Waals surface area contributed by atoms with E-state index in [4.69, 9.17) is 9.47 Å². The van der Waals surface area contributed by atoms with Gasteiger partial charge in [-0.15, -0.1) is 0 Å². The molecule has 0 bridgehead atoms. The fourth-order valence-corrected chi connectivity index (χ4v) is 3.61. The molecule has 0 heterocycles. The number of benzene rings is 2. The van der Waals surface area contributed by atoms with E-state index in [9.17, 15) is 14.4 Å². The number of carbonyl (C=O) groups is 3. The Bertz CT molecular complexity index is 883. The number of hydrogen-bond acceptors (Lipinski definition) is 5. The second-order valence-electron chi connectivity index (χ2n) is 7.80. The van der Waals surface area contributed by atoms with Crippen molar-refractivity contribution >= 4 is 17.7 Å². The van der Waals surface area contributed by atoms with E-state index in [1.54, 1.807) is 31.2 Å². The number of carbonyl (C=O) groups excluding carboxylic acids is 3. The summed E-state index contributed by atoms with van der Waals surface area (Å²) in [4.78, 5) is 36.2. The topological polar surface area (TPSA) is 69.7 Å². The first-order valence-corrected chi connectivity index (χ1v) is 10.6. The third-order valence-electron chi connectivity index (χ3n) is 5.49. The van der Waals surface area contributed by atoms with Crippen LogP contribution in [0.5, 0.6) is 5.75 Å². The summed E-state index contributed by atoms with van der Waals surface area (Å²) in [7, 11) is 0. The number of ether oxygens (including phenoxy) is 2. The molecule has 2 atom stereocenters. The van der Waals surface area contributed by atoms with Crippen molar-refractivity contribution in [2.45, 2.75) is 51.9 Å². The van der Waals surface area contributed by atoms with E-state index in [1.165, 1.54) is 0 Å². The number of esters is 2. The van der Waals surface area contributed by atoms with E-state index in [2.05, 4.69) is 0 Å². The molecule has 2 aromatic rings. The Labute approximate surface area is 177 Å². The summed E-state index contributed by atoms with van der Waals surface area (Å²) in [5, 5.41) is 0. The van der Waals surface area contributed by atoms with Crippen molar-refractivity contribution in [1.82, 2.24) is 0 Å². The molecule has 0 N–H and O–H groups in total. The zero-order valence-corrected chi connectivity index (χ0v) is 17.6. The fourth-order valence-electron chi connectivity index (χ4n) is 3.61. The Morgan fingerprint density at radius 2 is 1.77 bits per heavy atom. The van der Waals surface area contributed by atoms with Crippen LogP contribution in [-0.2, 0) is 20.7 Å². The van der Waals surface area contributed by atoms with Gasteiger partial charge in [-0.05, 0) is 68.0 Å². The van der Waals surface area contributed by atoms with Gasteiger partial charge >= 0.3 is 11.9 Å². The first-order valence-electron chi connectivity index (χ1n) is 10.6. The molecule has 5 heteroatoms. The fraction of sp³-hybridized carbons (Fsp3) is 0.400. The van der Waals surface area contributed by atoms with Crippen LogP contribution in [0.2, 0.25) is 0 Å². The van der Waals surface area contributed by atoms with Gasteiger partial charge in [0.2, 0.25) is 0 Å². The number of rotatable bonds is 8. The van der Waals surface area contributed by atoms with Gasteiger partial charge < -0.3 is 9.47 Å². The summed E-state index contributed by atoms with van der Waals surface area (Å²) < 4.78 is 10.5. The average molecular weight is 408 g/mol. The Morgan fingerprint density at radius 3 is 2.37 bits per heavy atom. The standard InChI is InChI=1S/C25H28O5/c1-3-15-29-25(28)20-11-13-22(14-12-20)30-24(27)17(2)19-9-7-18(8-10-19)16-21-5-4-6-23(21)26/h7-14,17,21H,3-6,15-16H2,1-2H3. The summed E-state index contributed by atoms with van der Waals surface area (Å²) in [6, 6.07) is 14.2. The lowest BCUT2D eigenvalue weighted by Gasteiger charge is -2.13. The first kappa shape index (κ1) is 21.8. The van der Waals surface area contributed by atoms with Crippen molar-refractivity contribution in [3.8, 4) is 5.75 Å². The highest BCUT2D eigenvalue weighted by Crippen LogP contribution is 2.26. The van der Waals surface area contributed by atoms with Gasteiger partial charge in [0.25, 0.3) is 0 Å². The van der Waals surface area contributed by atoms with Gasteiger partial charge in [0.1, 0.15) is 11.5 Å². The Balaban J connectivity index is 1.56. The molecule has 1 saturated carbocycles. The zero-order valence-electron chi connectivity index (χ0n) is 17.6. The van der Waals surface area contributed by atoms with E-state index in [-0.39, 0.29) is 17.9 Å². The van der Waals surface area contributed by atoms with Gasteiger partial charge in [-0.3, -0.25) is 9.59 Å². The largest absolute Gasteiger partial charge is 0.462 e. The lowest BCUT2D eigenvalue weighted by molar-refractivity contribution is -0.135. The number of Topliss-reactive ketones (excluding diaryl/α,β-unsaturated/α-hetero) is 1. The van der Waals surface area contributed by atoms with E-state index >= 15 is 0 Å². The Kier molecular flexibility index (Phi) is 7.39. The molecular weight excluding hydrogens is 380 g/mol. The molecule has 0 aliphatic heterocycles. The summed E-state index contributed by atoms with van der Waals surface area (Å²) in [5.41, 5.74) is 2.40. The lowest BCUT2D eigenvalue weighted by atomic mass is 9.94. The van der Waals surface area contributed by atoms with Crippen LogP contribution < -0.4 is 4.74 Å². The van der Waals surface area contributed by atoms with Crippen LogP contribution in [0.4, 0.5) is 0 Å². The van der Waals surface area contributed by atoms with Crippen molar-refractivity contribution in [3.05, 3.63) is 65.2 Å². The van der Waals surface area contributed by atoms with Gasteiger partial charge in [-0.25, -0.2) is 4.79 Å². The third-order valence-corrected chi connectivity index (χ3v) is 5.49. The molecule has 2 aromatic carbocycles. The van der Waals surface area contributed by atoms with Crippen LogP contribution in [0.1, 0.15) is 66.9 Å². The van der Waals surface area contributed by atoms with Crippen LogP contribution in [0.25, 0.3) is 0 Å². The van der Waals surface area contributed by atoms with Crippen LogP contribution in [-0.4, -0.2) is 24.3 Å². The smallest absolute Gasteiger partial charge is 0.338 e. The Morgan fingerprint density at radius 1 is 1.07 bits per heavy atom. The van der Waals surface area contributed by atoms with Crippen molar-refractivity contribution in [2.75, 3.05) is 6.61 Å². The second kappa shape index (κ2) is 10.2. The molecule has 3 rings (SSSR count). The molecule has 0 aromatic heterocycles. The third kappa shape index (κ3) is 5.56. The van der Waals surface area contributed by atoms with Crippen molar-refractivity contribution in [3.63, 3.8) is 0 Å². The maximum Gasteiger partial charge on any atom is 0.338 e. The predicted molar refractivity (Wildman–Crippen MR) is 114 cm³/mol. The average Bonchev–Trinajstić information content (AvgIpc) is 3.16. The van der Waals surface area contributed by atoms with Crippen LogP contribution in [0.3, 0.4) is 0 Å². The summed E-state index contributed by atoms with van der Waals surface area (Å²) >= 11 is 0. The molecule has 0 spiro atoms. The van der Waals surface area contributed by atoms with Crippen molar-refractivity contribution in [1.29, 1.82) is 0 Å². The van der Waals surface area contributed by atoms with E-state index in [0.717, 1.165) is 36.8 Å². The highest BCUT2D eigenvalue weighted by Gasteiger charge is 2.24. The van der Waals surface area contributed by atoms with Crippen molar-refractivity contribution in [2.24, 2.45) is 5.92 Å². The van der Waals surface area contributed by atoms with Gasteiger partial charge in [0.05, 0.1) is 18.1 Å². The summed E-state index contributed by atoms with van der Waals surface area (Å²) in [6.45, 7) is 4.11. The van der Waals surface area contributed by atoms with E-state index in [0.29, 0.717) is 30.1 Å². The maximum atomic E-state index is 12.5. The van der Waals surface area contributed by atoms with Crippen LogP contribution in [0.15, 0.2) is 48.5 Å². The minimum absolute atomic E-state index is 0.139. The molecule has 1 fully saturated rings. The van der Waals surface area contributed by atoms with E-state index in [1.807, 2.05) is 31.2 Å². The Hall–Kier alpha value is -2.95. The van der Waals surface area contributed by atoms with Crippen LogP contribution in [0, 0.1) is 5.92 Å². The lowest BCUT2D eigenvalue weighted by Crippen LogP contribution is -2.16. The normalized spacial score (nSPS) is 16.9. The second-order valence-corrected chi connectivity index (χ2v) is 7.80. The van der Waals surface area contributed by atoms with Gasteiger partial charge in [-0.2, -0.15) is 0 Å². The number of ketones is 1. The molecule has 0 saturated heterocycles. The molecule has 30 heavy (non-hydrogen) atoms. The highest BCUT2D eigenvalue weighted by molar-refractivity contribution is 5.89. The minimum atomic E-state index is -0.429. The molecule has 0 amide bonds. The summed E-state index contributed by atoms with van der Waals surface area (Å²) in [5.74, 6) is -0.296. The monoisotopic (exact) mass is 408 g/mol. The van der Waals surface area contributed by atoms with Gasteiger partial charge in [0.15, 0.2) is 0 Å². The van der Waals surface area contributed by atoms with E-state index < -0.39 is 5.92 Å². The highest BCUT2D eigenvalue weighted by atomic mass is 16.5. The molecule has 158 valence electrons. The van der Waals surface area contributed by atoms with Crippen molar-refractivity contribution < 1.29 is 23.9 Å². The zero-order chi connectivity index (χ0) is 21.5. The SMILES string of the molecule is CCCOC(=O)c1ccc(OC(=O)C(C)c2ccc(CC3CCCC3=O)cc2)cc1. The molecule has 5 nitrogen and oxygen atoms in total. The minimum Gasteiger partial charge on any atom is -0.462 e. The first-order chi connectivity index (χ1) is 14.5. The molecule has 0 radical (unpaired) electrons. The van der Waals surface area contributed by atoms with Crippen LogP contribution >= 0.6 is 0 Å². The molecule has 1 aliphatic rings. The van der Waals surface area contributed by atoms with Gasteiger partial charge in [0, 0.05) is 12.3 Å². The molecule has 2 unspecified atom stereocenters. The maximum absolute atomic E-state index is 12.5. The number of hydrogen-bond donors (Lipinski definition) is 0.